The molecule has 1 atom stereocenters. The molecule has 1 aliphatic heterocycles. The summed E-state index contributed by atoms with van der Waals surface area (Å²) in [6, 6.07) is 10.3. The Balaban J connectivity index is 1.71. The number of nitro benzene ring substituents is 1. The highest BCUT2D eigenvalue weighted by atomic mass is 32.2. The van der Waals surface area contributed by atoms with E-state index in [0.717, 1.165) is 34.4 Å². The Morgan fingerprint density at radius 2 is 2.00 bits per heavy atom. The first kappa shape index (κ1) is 20.3. The largest absolute Gasteiger partial charge is 0.506 e. The number of amides is 3. The van der Waals surface area contributed by atoms with Crippen molar-refractivity contribution in [2.24, 2.45) is 0 Å². The van der Waals surface area contributed by atoms with Crippen LogP contribution in [0.4, 0.5) is 21.9 Å². The third kappa shape index (κ3) is 4.21. The first-order valence-corrected chi connectivity index (χ1v) is 9.59. The van der Waals surface area contributed by atoms with E-state index in [1.165, 1.54) is 6.07 Å². The highest BCUT2D eigenvalue weighted by Gasteiger charge is 2.42. The number of anilines is 2. The topological polar surface area (TPSA) is 130 Å². The molecule has 0 aliphatic carbocycles. The summed E-state index contributed by atoms with van der Waals surface area (Å²) >= 11 is 0.770. The molecule has 150 valence electrons. The molecule has 1 heterocycles. The molecule has 0 bridgehead atoms. The minimum atomic E-state index is -0.896. The summed E-state index contributed by atoms with van der Waals surface area (Å²) in [5.41, 5.74) is 1.01. The number of hydrogen-bond donors (Lipinski definition) is 2. The van der Waals surface area contributed by atoms with Gasteiger partial charge in [-0.3, -0.25) is 24.5 Å². The highest BCUT2D eigenvalue weighted by molar-refractivity contribution is 8.15. The van der Waals surface area contributed by atoms with E-state index in [0.29, 0.717) is 12.1 Å². The van der Waals surface area contributed by atoms with E-state index in [1.54, 1.807) is 12.1 Å². The van der Waals surface area contributed by atoms with E-state index in [2.05, 4.69) is 5.32 Å². The Hall–Kier alpha value is -3.40. The van der Waals surface area contributed by atoms with Gasteiger partial charge in [0.2, 0.25) is 11.8 Å². The van der Waals surface area contributed by atoms with Crippen LogP contribution in [0.15, 0.2) is 42.5 Å². The van der Waals surface area contributed by atoms with E-state index in [1.807, 2.05) is 19.1 Å². The van der Waals surface area contributed by atoms with Gasteiger partial charge in [0.25, 0.3) is 10.9 Å². The molecule has 2 aromatic rings. The molecule has 2 aromatic carbocycles. The number of nitrogens with zero attached hydrogens (tertiary/aromatic N) is 2. The fourth-order valence-corrected chi connectivity index (χ4v) is 3.92. The fourth-order valence-electron chi connectivity index (χ4n) is 2.94. The van der Waals surface area contributed by atoms with Crippen molar-refractivity contribution in [3.05, 3.63) is 58.1 Å². The van der Waals surface area contributed by atoms with Gasteiger partial charge in [0, 0.05) is 12.5 Å². The second kappa shape index (κ2) is 8.31. The van der Waals surface area contributed by atoms with Gasteiger partial charge in [-0.05, 0) is 35.9 Å². The number of para-hydroxylation sites is 1. The van der Waals surface area contributed by atoms with Gasteiger partial charge in [-0.15, -0.1) is 0 Å². The summed E-state index contributed by atoms with van der Waals surface area (Å²) in [7, 11) is 0. The van der Waals surface area contributed by atoms with Gasteiger partial charge in [0.1, 0.15) is 11.0 Å². The molecule has 0 radical (unpaired) electrons. The number of hydrogen-bond acceptors (Lipinski definition) is 7. The molecular weight excluding hydrogens is 398 g/mol. The molecule has 1 saturated heterocycles. The lowest BCUT2D eigenvalue weighted by Gasteiger charge is -2.17. The van der Waals surface area contributed by atoms with Crippen LogP contribution < -0.4 is 10.2 Å². The summed E-state index contributed by atoms with van der Waals surface area (Å²) in [5.74, 6) is -1.55. The molecule has 1 unspecified atom stereocenters. The number of benzene rings is 2. The summed E-state index contributed by atoms with van der Waals surface area (Å²) in [6.07, 6.45) is 0.360. The molecule has 1 aliphatic rings. The average molecular weight is 415 g/mol. The molecule has 3 rings (SSSR count). The van der Waals surface area contributed by atoms with Crippen LogP contribution in [0.3, 0.4) is 0 Å². The third-order valence-corrected chi connectivity index (χ3v) is 5.41. The Morgan fingerprint density at radius 1 is 1.28 bits per heavy atom. The van der Waals surface area contributed by atoms with Crippen molar-refractivity contribution in [3.63, 3.8) is 0 Å². The summed E-state index contributed by atoms with van der Waals surface area (Å²) in [5, 5.41) is 21.6. The normalized spacial score (nSPS) is 16.2. The monoisotopic (exact) mass is 415 g/mol. The van der Waals surface area contributed by atoms with Crippen LogP contribution in [0.5, 0.6) is 5.75 Å². The van der Waals surface area contributed by atoms with Gasteiger partial charge in [-0.25, -0.2) is 4.90 Å². The Morgan fingerprint density at radius 3 is 2.66 bits per heavy atom. The highest BCUT2D eigenvalue weighted by Crippen LogP contribution is 2.36. The molecule has 2 N–H and O–H groups in total. The Bertz CT molecular complexity index is 1010. The van der Waals surface area contributed by atoms with Crippen molar-refractivity contribution in [2.45, 2.75) is 25.0 Å². The zero-order valence-electron chi connectivity index (χ0n) is 15.3. The number of non-ortho nitro benzene ring substituents is 1. The maximum Gasteiger partial charge on any atom is 0.293 e. The van der Waals surface area contributed by atoms with Crippen molar-refractivity contribution in [2.75, 3.05) is 10.2 Å². The molecular formula is C19H17N3O6S. The van der Waals surface area contributed by atoms with Crippen LogP contribution in [0.25, 0.3) is 0 Å². The van der Waals surface area contributed by atoms with E-state index >= 15 is 0 Å². The predicted octanol–water partition coefficient (Wildman–Crippen LogP) is 3.46. The van der Waals surface area contributed by atoms with Gasteiger partial charge in [-0.2, -0.15) is 0 Å². The Kier molecular flexibility index (Phi) is 5.83. The number of carbonyl (C=O) groups is 3. The van der Waals surface area contributed by atoms with Crippen molar-refractivity contribution < 1.29 is 24.4 Å². The number of phenols is 1. The lowest BCUT2D eigenvalue weighted by Crippen LogP contribution is -2.33. The molecule has 0 saturated carbocycles. The van der Waals surface area contributed by atoms with Crippen molar-refractivity contribution in [1.82, 2.24) is 0 Å². The van der Waals surface area contributed by atoms with Crippen LogP contribution in [0.1, 0.15) is 18.9 Å². The minimum Gasteiger partial charge on any atom is -0.506 e. The molecule has 1 fully saturated rings. The first-order chi connectivity index (χ1) is 13.8. The third-order valence-electron chi connectivity index (χ3n) is 4.37. The van der Waals surface area contributed by atoms with Crippen LogP contribution in [-0.2, 0) is 16.0 Å². The number of rotatable bonds is 6. The van der Waals surface area contributed by atoms with Crippen LogP contribution in [0, 0.1) is 10.1 Å². The number of phenolic OH excluding ortho intramolecular Hbond substituents is 1. The second-order valence-electron chi connectivity index (χ2n) is 6.24. The summed E-state index contributed by atoms with van der Waals surface area (Å²) in [4.78, 5) is 48.6. The van der Waals surface area contributed by atoms with E-state index in [-0.39, 0.29) is 17.8 Å². The number of imide groups is 1. The molecule has 10 heteroatoms. The molecule has 29 heavy (non-hydrogen) atoms. The van der Waals surface area contributed by atoms with Gasteiger partial charge in [0.05, 0.1) is 22.4 Å². The number of nitro groups is 1. The molecule has 0 spiro atoms. The molecule has 0 aromatic heterocycles. The maximum atomic E-state index is 12.7. The van der Waals surface area contributed by atoms with Crippen LogP contribution >= 0.6 is 11.8 Å². The van der Waals surface area contributed by atoms with Gasteiger partial charge in [-0.1, -0.05) is 25.1 Å². The second-order valence-corrected chi connectivity index (χ2v) is 7.39. The Labute approximate surface area is 169 Å². The zero-order valence-corrected chi connectivity index (χ0v) is 16.1. The fraction of sp³-hybridized carbons (Fsp3) is 0.211. The van der Waals surface area contributed by atoms with E-state index < -0.39 is 33.0 Å². The number of thioether (sulfide) groups is 1. The number of aromatic hydroxyl groups is 1. The SMILES string of the molecule is CCc1ccccc1N1C(=O)SC(CC(=O)Nc2ccc([N+](=O)[O-])cc2O)C1=O. The average Bonchev–Trinajstić information content (AvgIpc) is 2.96. The molecule has 3 amide bonds. The maximum absolute atomic E-state index is 12.7. The van der Waals surface area contributed by atoms with Crippen LogP contribution in [0.2, 0.25) is 0 Å². The van der Waals surface area contributed by atoms with Crippen molar-refractivity contribution in [3.8, 4) is 5.75 Å². The van der Waals surface area contributed by atoms with Crippen LogP contribution in [-0.4, -0.2) is 32.3 Å². The van der Waals surface area contributed by atoms with Gasteiger partial charge in [0.15, 0.2) is 0 Å². The predicted molar refractivity (Wildman–Crippen MR) is 108 cm³/mol. The van der Waals surface area contributed by atoms with Gasteiger partial charge < -0.3 is 10.4 Å². The number of carbonyl (C=O) groups excluding carboxylic acids is 3. The summed E-state index contributed by atoms with van der Waals surface area (Å²) < 4.78 is 0. The minimum absolute atomic E-state index is 0.0180. The lowest BCUT2D eigenvalue weighted by atomic mass is 10.1. The van der Waals surface area contributed by atoms with Crippen molar-refractivity contribution in [1.29, 1.82) is 0 Å². The smallest absolute Gasteiger partial charge is 0.293 e. The quantitative estimate of drug-likeness (QED) is 0.420. The van der Waals surface area contributed by atoms with E-state index in [4.69, 9.17) is 0 Å². The molecule has 9 nitrogen and oxygen atoms in total. The van der Waals surface area contributed by atoms with E-state index in [9.17, 15) is 29.6 Å². The standard InChI is InChI=1S/C19H17N3O6S/c1-2-11-5-3-4-6-14(11)21-18(25)16(29-19(21)26)10-17(24)20-13-8-7-12(22(27)28)9-15(13)23/h3-9,16,23H,2,10H2,1H3,(H,20,24). The van der Waals surface area contributed by atoms with Gasteiger partial charge >= 0.3 is 0 Å². The lowest BCUT2D eigenvalue weighted by molar-refractivity contribution is -0.384. The summed E-state index contributed by atoms with van der Waals surface area (Å²) in [6.45, 7) is 1.92. The number of nitrogens with one attached hydrogen (secondary N) is 1. The first-order valence-electron chi connectivity index (χ1n) is 8.71. The number of aryl methyl sites for hydroxylation is 1. The van der Waals surface area contributed by atoms with Crippen molar-refractivity contribution >= 4 is 45.9 Å². The zero-order chi connectivity index (χ0) is 21.1.